The molecule has 2 heterocycles. The zero-order valence-electron chi connectivity index (χ0n) is 10.8. The zero-order valence-corrected chi connectivity index (χ0v) is 10.8. The minimum atomic E-state index is 0.0632. The summed E-state index contributed by atoms with van der Waals surface area (Å²) in [6, 6.07) is 7.82. The second kappa shape index (κ2) is 4.80. The van der Waals surface area contributed by atoms with E-state index in [4.69, 9.17) is 0 Å². The van der Waals surface area contributed by atoms with Crippen molar-refractivity contribution in [3.05, 3.63) is 59.2 Å². The average Bonchev–Trinajstić information content (AvgIpc) is 2.90. The Kier molecular flexibility index (Phi) is 2.99. The Balaban J connectivity index is 1.83. The largest absolute Gasteiger partial charge is 0.328 e. The smallest absolute Gasteiger partial charge is 0.254 e. The van der Waals surface area contributed by atoms with Gasteiger partial charge in [0, 0.05) is 23.9 Å². The zero-order chi connectivity index (χ0) is 13.2. The molecule has 19 heavy (non-hydrogen) atoms. The quantitative estimate of drug-likeness (QED) is 0.824. The Bertz CT molecular complexity index is 599. The van der Waals surface area contributed by atoms with Crippen LogP contribution in [0, 0.1) is 0 Å². The summed E-state index contributed by atoms with van der Waals surface area (Å²) in [5.41, 5.74) is 3.93. The van der Waals surface area contributed by atoms with E-state index in [0.29, 0.717) is 13.1 Å². The Labute approximate surface area is 112 Å². The van der Waals surface area contributed by atoms with Crippen molar-refractivity contribution in [1.82, 2.24) is 14.9 Å². The minimum absolute atomic E-state index is 0.0632. The van der Waals surface area contributed by atoms with Gasteiger partial charge in [-0.05, 0) is 24.1 Å². The van der Waals surface area contributed by atoms with E-state index in [-0.39, 0.29) is 5.91 Å². The average molecular weight is 253 g/mol. The summed E-state index contributed by atoms with van der Waals surface area (Å²) in [5.74, 6) is 0.0632. The Hall–Kier alpha value is -2.23. The van der Waals surface area contributed by atoms with Crippen LogP contribution in [-0.2, 0) is 19.5 Å². The van der Waals surface area contributed by atoms with E-state index in [1.54, 1.807) is 6.20 Å². The lowest BCUT2D eigenvalue weighted by atomic mass is 10.1. The summed E-state index contributed by atoms with van der Waals surface area (Å²) >= 11 is 0. The molecule has 1 aliphatic heterocycles. The lowest BCUT2D eigenvalue weighted by Gasteiger charge is -2.15. The van der Waals surface area contributed by atoms with E-state index in [1.807, 2.05) is 29.2 Å². The van der Waals surface area contributed by atoms with Gasteiger partial charge in [-0.15, -0.1) is 0 Å². The van der Waals surface area contributed by atoms with Crippen LogP contribution in [0.4, 0.5) is 0 Å². The molecule has 0 saturated heterocycles. The highest BCUT2D eigenvalue weighted by Gasteiger charge is 2.25. The van der Waals surface area contributed by atoms with Gasteiger partial charge in [0.25, 0.3) is 5.91 Å². The maximum atomic E-state index is 12.5. The van der Waals surface area contributed by atoms with Crippen molar-refractivity contribution in [1.29, 1.82) is 0 Å². The van der Waals surface area contributed by atoms with Gasteiger partial charge in [0.05, 0.1) is 12.2 Å². The molecule has 0 unspecified atom stereocenters. The predicted molar refractivity (Wildman–Crippen MR) is 71.4 cm³/mol. The van der Waals surface area contributed by atoms with Crippen LogP contribution < -0.4 is 0 Å². The number of hydrogen-bond acceptors (Lipinski definition) is 3. The van der Waals surface area contributed by atoms with E-state index >= 15 is 0 Å². The highest BCUT2D eigenvalue weighted by Crippen LogP contribution is 2.21. The van der Waals surface area contributed by atoms with Crippen molar-refractivity contribution in [2.75, 3.05) is 0 Å². The van der Waals surface area contributed by atoms with Crippen molar-refractivity contribution < 1.29 is 4.79 Å². The third kappa shape index (κ3) is 2.21. The first-order valence-corrected chi connectivity index (χ1v) is 6.44. The van der Waals surface area contributed by atoms with Crippen LogP contribution in [0.5, 0.6) is 0 Å². The number of nitrogens with zero attached hydrogens (tertiary/aromatic N) is 3. The highest BCUT2D eigenvalue weighted by molar-refractivity contribution is 5.94. The summed E-state index contributed by atoms with van der Waals surface area (Å²) in [6.45, 7) is 3.27. The van der Waals surface area contributed by atoms with E-state index in [0.717, 1.165) is 23.2 Å². The lowest BCUT2D eigenvalue weighted by Crippen LogP contribution is -2.25. The van der Waals surface area contributed by atoms with E-state index in [2.05, 4.69) is 16.9 Å². The number of carbonyl (C=O) groups excluding carboxylic acids is 1. The summed E-state index contributed by atoms with van der Waals surface area (Å²) in [5, 5.41) is 0. The fraction of sp³-hybridized carbons (Fsp3) is 0.267. The molecule has 1 aromatic carbocycles. The van der Waals surface area contributed by atoms with Gasteiger partial charge in [-0.1, -0.05) is 19.1 Å². The summed E-state index contributed by atoms with van der Waals surface area (Å²) < 4.78 is 0. The molecule has 0 bridgehead atoms. The summed E-state index contributed by atoms with van der Waals surface area (Å²) in [7, 11) is 0. The first-order chi connectivity index (χ1) is 9.28. The van der Waals surface area contributed by atoms with E-state index < -0.39 is 0 Å². The number of carbonyl (C=O) groups is 1. The monoisotopic (exact) mass is 253 g/mol. The first-order valence-electron chi connectivity index (χ1n) is 6.44. The predicted octanol–water partition coefficient (Wildman–Crippen LogP) is 2.20. The molecule has 1 aromatic heterocycles. The van der Waals surface area contributed by atoms with Crippen LogP contribution in [0.2, 0.25) is 0 Å². The first kappa shape index (κ1) is 11.8. The molecule has 4 heteroatoms. The number of rotatable bonds is 2. The van der Waals surface area contributed by atoms with Crippen molar-refractivity contribution in [2.45, 2.75) is 26.4 Å². The van der Waals surface area contributed by atoms with Gasteiger partial charge in [0.1, 0.15) is 6.33 Å². The van der Waals surface area contributed by atoms with Crippen LogP contribution in [0.1, 0.15) is 34.1 Å². The molecule has 2 aromatic rings. The molecule has 0 spiro atoms. The molecular formula is C15H15N3O. The van der Waals surface area contributed by atoms with E-state index in [1.165, 1.54) is 11.9 Å². The molecular weight excluding hydrogens is 238 g/mol. The van der Waals surface area contributed by atoms with Crippen LogP contribution in [0.3, 0.4) is 0 Å². The van der Waals surface area contributed by atoms with Crippen molar-refractivity contribution in [3.63, 3.8) is 0 Å². The van der Waals surface area contributed by atoms with Crippen molar-refractivity contribution >= 4 is 5.91 Å². The second-order valence-corrected chi connectivity index (χ2v) is 4.71. The number of benzene rings is 1. The molecule has 3 rings (SSSR count). The molecule has 0 N–H and O–H groups in total. The standard InChI is InChI=1S/C15H15N3O/c1-2-11-4-3-5-12(6-11)15(19)18-8-13-7-16-10-17-14(13)9-18/h3-7,10H,2,8-9H2,1H3. The van der Waals surface area contributed by atoms with Gasteiger partial charge in [-0.3, -0.25) is 4.79 Å². The Morgan fingerprint density at radius 1 is 1.37 bits per heavy atom. The maximum absolute atomic E-state index is 12.5. The number of hydrogen-bond donors (Lipinski definition) is 0. The molecule has 96 valence electrons. The van der Waals surface area contributed by atoms with Crippen LogP contribution in [-0.4, -0.2) is 20.8 Å². The molecule has 1 amide bonds. The topological polar surface area (TPSA) is 46.1 Å². The Morgan fingerprint density at radius 2 is 2.26 bits per heavy atom. The minimum Gasteiger partial charge on any atom is -0.328 e. The van der Waals surface area contributed by atoms with Gasteiger partial charge >= 0.3 is 0 Å². The number of amides is 1. The fourth-order valence-corrected chi connectivity index (χ4v) is 2.35. The number of aryl methyl sites for hydroxylation is 1. The molecule has 0 atom stereocenters. The van der Waals surface area contributed by atoms with Gasteiger partial charge < -0.3 is 4.90 Å². The third-order valence-corrected chi connectivity index (χ3v) is 3.45. The number of aromatic nitrogens is 2. The van der Waals surface area contributed by atoms with Gasteiger partial charge in [0.2, 0.25) is 0 Å². The maximum Gasteiger partial charge on any atom is 0.254 e. The van der Waals surface area contributed by atoms with Gasteiger partial charge in [-0.2, -0.15) is 0 Å². The van der Waals surface area contributed by atoms with Crippen molar-refractivity contribution in [2.24, 2.45) is 0 Å². The highest BCUT2D eigenvalue weighted by atomic mass is 16.2. The molecule has 0 saturated carbocycles. The molecule has 4 nitrogen and oxygen atoms in total. The lowest BCUT2D eigenvalue weighted by molar-refractivity contribution is 0.0750. The Morgan fingerprint density at radius 3 is 3.05 bits per heavy atom. The molecule has 1 aliphatic rings. The third-order valence-electron chi connectivity index (χ3n) is 3.45. The SMILES string of the molecule is CCc1cccc(C(=O)N2Cc3cncnc3C2)c1. The van der Waals surface area contributed by atoms with Gasteiger partial charge in [-0.25, -0.2) is 9.97 Å². The summed E-state index contributed by atoms with van der Waals surface area (Å²) in [6.07, 6.45) is 4.26. The van der Waals surface area contributed by atoms with Gasteiger partial charge in [0.15, 0.2) is 0 Å². The van der Waals surface area contributed by atoms with Crippen molar-refractivity contribution in [3.8, 4) is 0 Å². The van der Waals surface area contributed by atoms with Crippen LogP contribution in [0.15, 0.2) is 36.8 Å². The molecule has 0 fully saturated rings. The van der Waals surface area contributed by atoms with Crippen LogP contribution in [0.25, 0.3) is 0 Å². The second-order valence-electron chi connectivity index (χ2n) is 4.71. The fourth-order valence-electron chi connectivity index (χ4n) is 2.35. The van der Waals surface area contributed by atoms with E-state index in [9.17, 15) is 4.79 Å². The molecule has 0 aliphatic carbocycles. The normalized spacial score (nSPS) is 13.4. The van der Waals surface area contributed by atoms with Crippen LogP contribution >= 0.6 is 0 Å². The number of fused-ring (bicyclic) bond motifs is 1. The molecule has 0 radical (unpaired) electrons. The summed E-state index contributed by atoms with van der Waals surface area (Å²) in [4.78, 5) is 22.5.